The Balaban J connectivity index is 0.000000300. The van der Waals surface area contributed by atoms with Gasteiger partial charge in [0, 0.05) is 6.08 Å². The lowest BCUT2D eigenvalue weighted by molar-refractivity contribution is -0.142. The van der Waals surface area contributed by atoms with Crippen LogP contribution in [0.1, 0.15) is 45.2 Å². The third-order valence-corrected chi connectivity index (χ3v) is 3.92. The lowest BCUT2D eigenvalue weighted by Gasteiger charge is -2.02. The summed E-state index contributed by atoms with van der Waals surface area (Å²) in [5.41, 5.74) is 4.34. The van der Waals surface area contributed by atoms with Gasteiger partial charge in [-0.15, -0.1) is 0 Å². The summed E-state index contributed by atoms with van der Waals surface area (Å²) in [6.07, 6.45) is 4.70. The highest BCUT2D eigenvalue weighted by Crippen LogP contribution is 2.09. The maximum Gasteiger partial charge on any atom is 0.330 e. The molecular weight excluding hydrogens is 376 g/mol. The normalized spacial score (nSPS) is 11.2. The molecule has 2 rings (SSSR count). The molecule has 4 nitrogen and oxygen atoms in total. The fraction of sp³-hybridized carbons (Fsp3) is 0.308. The highest BCUT2D eigenvalue weighted by atomic mass is 16.5. The largest absolute Gasteiger partial charge is 0.466 e. The Bertz CT molecular complexity index is 821. The summed E-state index contributed by atoms with van der Waals surface area (Å²) in [6, 6.07) is 20.0. The fourth-order valence-electron chi connectivity index (χ4n) is 2.68. The molecule has 0 aliphatic rings. The van der Waals surface area contributed by atoms with Crippen molar-refractivity contribution < 1.29 is 19.1 Å². The van der Waals surface area contributed by atoms with E-state index in [-0.39, 0.29) is 11.9 Å². The summed E-state index contributed by atoms with van der Waals surface area (Å²) in [6.45, 7) is 8.35. The van der Waals surface area contributed by atoms with Crippen LogP contribution in [-0.2, 0) is 25.5 Å². The van der Waals surface area contributed by atoms with Crippen molar-refractivity contribution in [2.75, 3.05) is 13.2 Å². The number of esters is 2. The van der Waals surface area contributed by atoms with Crippen LogP contribution in [0.4, 0.5) is 0 Å². The molecule has 0 aromatic heterocycles. The minimum atomic E-state index is -0.258. The van der Waals surface area contributed by atoms with Crippen LogP contribution in [0.15, 0.2) is 77.9 Å². The van der Waals surface area contributed by atoms with Gasteiger partial charge in [-0.05, 0) is 45.2 Å². The highest BCUT2D eigenvalue weighted by molar-refractivity contribution is 5.82. The first-order valence-electron chi connectivity index (χ1n) is 10.2. The SMILES string of the molecule is CCOC(=O)/C=C(\C)Cc1ccccc1.CCOC(=O)C/C(C)=C/c1ccccc1. The molecule has 0 atom stereocenters. The van der Waals surface area contributed by atoms with Gasteiger partial charge in [-0.1, -0.05) is 77.9 Å². The quantitative estimate of drug-likeness (QED) is 0.410. The van der Waals surface area contributed by atoms with Crippen LogP contribution < -0.4 is 0 Å². The predicted octanol–water partition coefficient (Wildman–Crippen LogP) is 5.78. The van der Waals surface area contributed by atoms with Crippen molar-refractivity contribution >= 4 is 18.0 Å². The molecule has 0 aliphatic carbocycles. The molecule has 2 aromatic carbocycles. The third-order valence-electron chi connectivity index (χ3n) is 3.92. The van der Waals surface area contributed by atoms with Gasteiger partial charge in [-0.2, -0.15) is 0 Å². The van der Waals surface area contributed by atoms with Crippen LogP contribution in [0, 0.1) is 0 Å². The minimum absolute atomic E-state index is 0.165. The van der Waals surface area contributed by atoms with Gasteiger partial charge in [-0.3, -0.25) is 4.79 Å². The van der Waals surface area contributed by atoms with Crippen LogP contribution in [0.25, 0.3) is 6.08 Å². The molecule has 4 heteroatoms. The smallest absolute Gasteiger partial charge is 0.330 e. The van der Waals surface area contributed by atoms with Gasteiger partial charge in [0.05, 0.1) is 19.6 Å². The van der Waals surface area contributed by atoms with Gasteiger partial charge in [0.1, 0.15) is 0 Å². The van der Waals surface area contributed by atoms with Crippen molar-refractivity contribution in [3.63, 3.8) is 0 Å². The van der Waals surface area contributed by atoms with Crippen molar-refractivity contribution in [2.24, 2.45) is 0 Å². The van der Waals surface area contributed by atoms with Crippen LogP contribution in [0.2, 0.25) is 0 Å². The number of carbonyl (C=O) groups excluding carboxylic acids is 2. The second kappa shape index (κ2) is 14.8. The Labute approximate surface area is 180 Å². The number of benzene rings is 2. The molecule has 0 saturated heterocycles. The van der Waals surface area contributed by atoms with Crippen molar-refractivity contribution in [1.82, 2.24) is 0 Å². The van der Waals surface area contributed by atoms with Crippen molar-refractivity contribution in [2.45, 2.75) is 40.5 Å². The molecule has 0 bridgehead atoms. The summed E-state index contributed by atoms with van der Waals surface area (Å²) < 4.78 is 9.71. The summed E-state index contributed by atoms with van der Waals surface area (Å²) in [5, 5.41) is 0. The zero-order valence-electron chi connectivity index (χ0n) is 18.4. The van der Waals surface area contributed by atoms with E-state index in [0.717, 1.165) is 23.1 Å². The number of rotatable bonds is 8. The van der Waals surface area contributed by atoms with E-state index in [2.05, 4.69) is 0 Å². The van der Waals surface area contributed by atoms with Crippen molar-refractivity contribution in [1.29, 1.82) is 0 Å². The Morgan fingerprint density at radius 3 is 1.93 bits per heavy atom. The lowest BCUT2D eigenvalue weighted by atomic mass is 10.1. The second-order valence-electron chi connectivity index (χ2n) is 6.79. The molecule has 0 fully saturated rings. The number of carbonyl (C=O) groups is 2. The number of ether oxygens (including phenoxy) is 2. The van der Waals surface area contributed by atoms with E-state index in [1.807, 2.05) is 87.5 Å². The van der Waals surface area contributed by atoms with Crippen LogP contribution in [-0.4, -0.2) is 25.2 Å². The van der Waals surface area contributed by atoms with E-state index in [4.69, 9.17) is 9.47 Å². The summed E-state index contributed by atoms with van der Waals surface area (Å²) >= 11 is 0. The minimum Gasteiger partial charge on any atom is -0.466 e. The molecular formula is C26H32O4. The van der Waals surface area contributed by atoms with E-state index < -0.39 is 0 Å². The van der Waals surface area contributed by atoms with Gasteiger partial charge in [0.15, 0.2) is 0 Å². The summed E-state index contributed by atoms with van der Waals surface area (Å²) in [4.78, 5) is 22.3. The maximum atomic E-state index is 11.2. The van der Waals surface area contributed by atoms with Gasteiger partial charge < -0.3 is 9.47 Å². The summed E-state index contributed by atoms with van der Waals surface area (Å²) in [7, 11) is 0. The predicted molar refractivity (Wildman–Crippen MR) is 122 cm³/mol. The third kappa shape index (κ3) is 11.6. The first-order valence-corrected chi connectivity index (χ1v) is 10.2. The molecule has 30 heavy (non-hydrogen) atoms. The second-order valence-corrected chi connectivity index (χ2v) is 6.79. The Morgan fingerprint density at radius 1 is 0.800 bits per heavy atom. The van der Waals surface area contributed by atoms with Gasteiger partial charge in [0.2, 0.25) is 0 Å². The van der Waals surface area contributed by atoms with E-state index in [1.165, 1.54) is 5.56 Å². The number of allylic oxidation sites excluding steroid dienone is 1. The van der Waals surface area contributed by atoms with Crippen LogP contribution in [0.5, 0.6) is 0 Å². The lowest BCUT2D eigenvalue weighted by Crippen LogP contribution is -2.03. The zero-order chi connectivity index (χ0) is 22.2. The molecule has 0 N–H and O–H groups in total. The average Bonchev–Trinajstić information content (AvgIpc) is 2.70. The van der Waals surface area contributed by atoms with Gasteiger partial charge in [-0.25, -0.2) is 4.79 Å². The van der Waals surface area contributed by atoms with E-state index in [9.17, 15) is 9.59 Å². The topological polar surface area (TPSA) is 52.6 Å². The molecule has 0 amide bonds. The molecule has 0 heterocycles. The molecule has 0 saturated carbocycles. The van der Waals surface area contributed by atoms with E-state index in [1.54, 1.807) is 13.0 Å². The number of hydrogen-bond acceptors (Lipinski definition) is 4. The van der Waals surface area contributed by atoms with E-state index >= 15 is 0 Å². The van der Waals surface area contributed by atoms with E-state index in [0.29, 0.717) is 19.6 Å². The number of hydrogen-bond donors (Lipinski definition) is 0. The molecule has 160 valence electrons. The highest BCUT2D eigenvalue weighted by Gasteiger charge is 2.02. The Morgan fingerprint density at radius 2 is 1.37 bits per heavy atom. The fourth-order valence-corrected chi connectivity index (χ4v) is 2.68. The Kier molecular flexibility index (Phi) is 12.3. The van der Waals surface area contributed by atoms with Crippen LogP contribution >= 0.6 is 0 Å². The van der Waals surface area contributed by atoms with Gasteiger partial charge >= 0.3 is 11.9 Å². The molecule has 2 aromatic rings. The standard InChI is InChI=1S/2C13H16O2/c2*1-3-15-13(14)10-11(2)9-12-7-5-4-6-8-12/h4-8,10H,3,9H2,1-2H3;4-9H,3,10H2,1-2H3/b11-10+;11-9+. The van der Waals surface area contributed by atoms with Crippen LogP contribution in [0.3, 0.4) is 0 Å². The Hall–Kier alpha value is -3.14. The molecule has 0 unspecified atom stereocenters. The first-order chi connectivity index (χ1) is 14.4. The average molecular weight is 409 g/mol. The van der Waals surface area contributed by atoms with Crippen molar-refractivity contribution in [3.05, 3.63) is 89.0 Å². The summed E-state index contributed by atoms with van der Waals surface area (Å²) in [5.74, 6) is -0.423. The zero-order valence-corrected chi connectivity index (χ0v) is 18.4. The monoisotopic (exact) mass is 408 g/mol. The van der Waals surface area contributed by atoms with Crippen molar-refractivity contribution in [3.8, 4) is 0 Å². The van der Waals surface area contributed by atoms with Gasteiger partial charge in [0.25, 0.3) is 0 Å². The molecule has 0 aliphatic heterocycles. The first kappa shape index (κ1) is 24.9. The maximum absolute atomic E-state index is 11.2. The molecule has 0 spiro atoms. The molecule has 0 radical (unpaired) electrons.